The van der Waals surface area contributed by atoms with Gasteiger partial charge in [-0.25, -0.2) is 4.79 Å². The average molecular weight is 340 g/mol. The van der Waals surface area contributed by atoms with E-state index in [1.54, 1.807) is 55.6 Å². The number of para-hydroxylation sites is 1. The summed E-state index contributed by atoms with van der Waals surface area (Å²) in [5.41, 5.74) is 0.712. The van der Waals surface area contributed by atoms with Gasteiger partial charge in [0.1, 0.15) is 11.3 Å². The maximum atomic E-state index is 12.8. The summed E-state index contributed by atoms with van der Waals surface area (Å²) in [6.07, 6.45) is 0. The van der Waals surface area contributed by atoms with E-state index in [4.69, 9.17) is 13.9 Å². The molecule has 0 fully saturated rings. The van der Waals surface area contributed by atoms with Gasteiger partial charge in [0.2, 0.25) is 11.2 Å². The minimum atomic E-state index is -0.590. The molecule has 0 bridgehead atoms. The fourth-order valence-corrected chi connectivity index (χ4v) is 2.38. The van der Waals surface area contributed by atoms with Crippen LogP contribution in [0.15, 0.2) is 57.7 Å². The van der Waals surface area contributed by atoms with Crippen molar-refractivity contribution < 1.29 is 23.4 Å². The number of benzene rings is 2. The van der Waals surface area contributed by atoms with Crippen LogP contribution in [0.25, 0.3) is 22.3 Å². The van der Waals surface area contributed by atoms with Crippen molar-refractivity contribution >= 4 is 16.9 Å². The second kappa shape index (κ2) is 7.09. The molecule has 0 saturated carbocycles. The third-order valence-electron chi connectivity index (χ3n) is 3.67. The molecule has 0 saturated heterocycles. The van der Waals surface area contributed by atoms with E-state index in [0.29, 0.717) is 22.3 Å². The van der Waals surface area contributed by atoms with Crippen molar-refractivity contribution in [2.45, 2.75) is 0 Å². The number of methoxy groups -OCH3 is 2. The Bertz CT molecular complexity index is 956. The van der Waals surface area contributed by atoms with Crippen LogP contribution in [-0.4, -0.2) is 26.8 Å². The average Bonchev–Trinajstić information content (AvgIpc) is 2.67. The van der Waals surface area contributed by atoms with Crippen molar-refractivity contribution in [2.75, 3.05) is 20.8 Å². The highest BCUT2D eigenvalue weighted by atomic mass is 16.6. The summed E-state index contributed by atoms with van der Waals surface area (Å²) < 4.78 is 21.0. The Morgan fingerprint density at radius 3 is 2.44 bits per heavy atom. The van der Waals surface area contributed by atoms with Gasteiger partial charge in [-0.2, -0.15) is 0 Å². The van der Waals surface area contributed by atoms with E-state index in [0.717, 1.165) is 0 Å². The highest BCUT2D eigenvalue weighted by molar-refractivity contribution is 5.82. The molecule has 0 N–H and O–H groups in total. The summed E-state index contributed by atoms with van der Waals surface area (Å²) in [6, 6.07) is 13.8. The largest absolute Gasteiger partial charge is 0.497 e. The zero-order valence-electron chi connectivity index (χ0n) is 13.8. The van der Waals surface area contributed by atoms with E-state index < -0.39 is 5.97 Å². The summed E-state index contributed by atoms with van der Waals surface area (Å²) in [7, 11) is 2.81. The molecule has 1 aromatic heterocycles. The van der Waals surface area contributed by atoms with Crippen LogP contribution in [0.5, 0.6) is 11.5 Å². The Morgan fingerprint density at radius 1 is 1.04 bits per heavy atom. The second-order valence-electron chi connectivity index (χ2n) is 5.18. The molecule has 6 nitrogen and oxygen atoms in total. The van der Waals surface area contributed by atoms with E-state index in [1.807, 2.05) is 0 Å². The van der Waals surface area contributed by atoms with Gasteiger partial charge in [-0.1, -0.05) is 12.1 Å². The second-order valence-corrected chi connectivity index (χ2v) is 5.18. The van der Waals surface area contributed by atoms with Crippen LogP contribution in [0, 0.1) is 0 Å². The van der Waals surface area contributed by atoms with Crippen molar-refractivity contribution in [2.24, 2.45) is 0 Å². The number of rotatable bonds is 5. The van der Waals surface area contributed by atoms with E-state index in [9.17, 15) is 9.59 Å². The molecule has 0 atom stereocenters. The molecule has 25 heavy (non-hydrogen) atoms. The van der Waals surface area contributed by atoms with Crippen molar-refractivity contribution in [3.8, 4) is 22.8 Å². The van der Waals surface area contributed by atoms with Crippen LogP contribution in [-0.2, 0) is 9.53 Å². The topological polar surface area (TPSA) is 75.0 Å². The Hall–Kier alpha value is -3.28. The van der Waals surface area contributed by atoms with E-state index >= 15 is 0 Å². The molecule has 2 aromatic carbocycles. The summed E-state index contributed by atoms with van der Waals surface area (Å²) in [5.74, 6) is 0.293. The molecule has 3 aromatic rings. The number of esters is 1. The van der Waals surface area contributed by atoms with Crippen LogP contribution >= 0.6 is 0 Å². The van der Waals surface area contributed by atoms with Crippen LogP contribution in [0.4, 0.5) is 0 Å². The lowest BCUT2D eigenvalue weighted by atomic mass is 10.1. The van der Waals surface area contributed by atoms with Crippen LogP contribution in [0.2, 0.25) is 0 Å². The lowest BCUT2D eigenvalue weighted by Crippen LogP contribution is -2.17. The Kier molecular flexibility index (Phi) is 4.70. The van der Waals surface area contributed by atoms with Gasteiger partial charge in [-0.05, 0) is 36.4 Å². The first-order valence-corrected chi connectivity index (χ1v) is 7.54. The van der Waals surface area contributed by atoms with Crippen LogP contribution < -0.4 is 14.9 Å². The normalized spacial score (nSPS) is 10.5. The molecule has 0 unspecified atom stereocenters. The number of hydrogen-bond donors (Lipinski definition) is 0. The van der Waals surface area contributed by atoms with Gasteiger partial charge in [0, 0.05) is 5.56 Å². The van der Waals surface area contributed by atoms with Crippen molar-refractivity contribution in [3.05, 3.63) is 58.8 Å². The number of ether oxygens (including phenoxy) is 3. The van der Waals surface area contributed by atoms with Crippen LogP contribution in [0.3, 0.4) is 0 Å². The zero-order valence-corrected chi connectivity index (χ0v) is 13.8. The predicted octanol–water partition coefficient (Wildman–Crippen LogP) is 3.02. The van der Waals surface area contributed by atoms with E-state index in [1.165, 1.54) is 7.11 Å². The van der Waals surface area contributed by atoms with Gasteiger partial charge in [0.25, 0.3) is 0 Å². The van der Waals surface area contributed by atoms with Gasteiger partial charge in [-0.3, -0.25) is 4.79 Å². The molecule has 6 heteroatoms. The highest BCUT2D eigenvalue weighted by Gasteiger charge is 2.18. The zero-order chi connectivity index (χ0) is 17.8. The Morgan fingerprint density at radius 2 is 1.76 bits per heavy atom. The molecular formula is C19H16O6. The molecular weight excluding hydrogens is 324 g/mol. The molecule has 0 aliphatic rings. The number of hydrogen-bond acceptors (Lipinski definition) is 6. The minimum Gasteiger partial charge on any atom is -0.497 e. The van der Waals surface area contributed by atoms with Gasteiger partial charge in [-0.15, -0.1) is 0 Å². The Balaban J connectivity index is 2.16. The number of carbonyl (C=O) groups excluding carboxylic acids is 1. The molecule has 0 aliphatic carbocycles. The maximum Gasteiger partial charge on any atom is 0.343 e. The maximum absolute atomic E-state index is 12.8. The van der Waals surface area contributed by atoms with Gasteiger partial charge >= 0.3 is 5.97 Å². The SMILES string of the molecule is COC(=O)COc1c(-c2ccc(OC)cc2)oc2ccccc2c1=O. The summed E-state index contributed by atoms with van der Waals surface area (Å²) >= 11 is 0. The predicted molar refractivity (Wildman–Crippen MR) is 92.0 cm³/mol. The summed E-state index contributed by atoms with van der Waals surface area (Å²) in [5, 5.41) is 0.375. The first-order chi connectivity index (χ1) is 12.1. The van der Waals surface area contributed by atoms with Gasteiger partial charge < -0.3 is 18.6 Å². The first kappa shape index (κ1) is 16.6. The van der Waals surface area contributed by atoms with E-state index in [-0.39, 0.29) is 23.5 Å². The summed E-state index contributed by atoms with van der Waals surface area (Å²) in [6.45, 7) is -0.386. The van der Waals surface area contributed by atoms with Crippen LogP contribution in [0.1, 0.15) is 0 Å². The first-order valence-electron chi connectivity index (χ1n) is 7.54. The highest BCUT2D eigenvalue weighted by Crippen LogP contribution is 2.31. The van der Waals surface area contributed by atoms with Crippen molar-refractivity contribution in [1.82, 2.24) is 0 Å². The Labute approximate surface area is 143 Å². The van der Waals surface area contributed by atoms with Gasteiger partial charge in [0.05, 0.1) is 19.6 Å². The fourth-order valence-electron chi connectivity index (χ4n) is 2.38. The number of fused-ring (bicyclic) bond motifs is 1. The van der Waals surface area contributed by atoms with Crippen molar-refractivity contribution in [3.63, 3.8) is 0 Å². The molecule has 0 spiro atoms. The van der Waals surface area contributed by atoms with Crippen molar-refractivity contribution in [1.29, 1.82) is 0 Å². The molecule has 0 radical (unpaired) electrons. The lowest BCUT2D eigenvalue weighted by molar-refractivity contribution is -0.142. The standard InChI is InChI=1S/C19H16O6/c1-22-13-9-7-12(8-10-13)18-19(24-11-16(20)23-2)17(21)14-5-3-4-6-15(14)25-18/h3-10H,11H2,1-2H3. The van der Waals surface area contributed by atoms with Gasteiger partial charge in [0.15, 0.2) is 12.4 Å². The quantitative estimate of drug-likeness (QED) is 0.665. The fraction of sp³-hybridized carbons (Fsp3) is 0.158. The van der Waals surface area contributed by atoms with E-state index in [2.05, 4.69) is 4.74 Å². The molecule has 128 valence electrons. The molecule has 0 aliphatic heterocycles. The molecule has 3 rings (SSSR count). The molecule has 1 heterocycles. The smallest absolute Gasteiger partial charge is 0.343 e. The molecule has 0 amide bonds. The third-order valence-corrected chi connectivity index (χ3v) is 3.67. The third kappa shape index (κ3) is 3.33. The lowest BCUT2D eigenvalue weighted by Gasteiger charge is -2.11. The number of carbonyl (C=O) groups is 1. The minimum absolute atomic E-state index is 0.0331. The summed E-state index contributed by atoms with van der Waals surface area (Å²) in [4.78, 5) is 24.2. The monoisotopic (exact) mass is 340 g/mol.